The fourth-order valence-corrected chi connectivity index (χ4v) is 3.03. The Morgan fingerprint density at radius 1 is 1.19 bits per heavy atom. The van der Waals surface area contributed by atoms with Crippen LogP contribution in [0.3, 0.4) is 0 Å². The Hall–Kier alpha value is -1.23. The molecule has 0 radical (unpaired) electrons. The first kappa shape index (κ1) is 14.7. The van der Waals surface area contributed by atoms with Crippen LogP contribution in [-0.2, 0) is 11.3 Å². The van der Waals surface area contributed by atoms with E-state index in [0.29, 0.717) is 6.61 Å². The van der Waals surface area contributed by atoms with Crippen molar-refractivity contribution in [1.82, 2.24) is 4.90 Å². The van der Waals surface area contributed by atoms with Crippen LogP contribution in [0, 0.1) is 5.82 Å². The first-order valence-corrected chi connectivity index (χ1v) is 7.84. The molecule has 1 fully saturated rings. The van der Waals surface area contributed by atoms with Gasteiger partial charge < -0.3 is 4.74 Å². The zero-order valence-electron chi connectivity index (χ0n) is 11.6. The van der Waals surface area contributed by atoms with Crippen LogP contribution < -0.4 is 0 Å². The van der Waals surface area contributed by atoms with E-state index in [1.807, 2.05) is 18.2 Å². The summed E-state index contributed by atoms with van der Waals surface area (Å²) in [5.74, 6) is -0.209. The molecule has 1 atom stereocenters. The van der Waals surface area contributed by atoms with Gasteiger partial charge in [0.2, 0.25) is 0 Å². The summed E-state index contributed by atoms with van der Waals surface area (Å²) in [4.78, 5) is 2.35. The molecule has 4 heteroatoms. The van der Waals surface area contributed by atoms with Gasteiger partial charge in [0.25, 0.3) is 0 Å². The van der Waals surface area contributed by atoms with Crippen molar-refractivity contribution in [3.8, 4) is 0 Å². The van der Waals surface area contributed by atoms with E-state index in [1.54, 1.807) is 12.1 Å². The minimum Gasteiger partial charge on any atom is -0.371 e. The summed E-state index contributed by atoms with van der Waals surface area (Å²) >= 11 is 3.59. The second-order valence-electron chi connectivity index (χ2n) is 5.24. The Balaban J connectivity index is 1.70. The van der Waals surface area contributed by atoms with Crippen LogP contribution in [0.5, 0.6) is 0 Å². The minimum atomic E-state index is -0.209. The van der Waals surface area contributed by atoms with Gasteiger partial charge in [0, 0.05) is 24.1 Å². The lowest BCUT2D eigenvalue weighted by atomic mass is 10.1. The van der Waals surface area contributed by atoms with Crippen molar-refractivity contribution >= 4 is 15.9 Å². The normalized spacial score (nSPS) is 19.6. The summed E-state index contributed by atoms with van der Waals surface area (Å²) < 4.78 is 20.3. The van der Waals surface area contributed by atoms with E-state index in [4.69, 9.17) is 4.74 Å². The summed E-state index contributed by atoms with van der Waals surface area (Å²) in [5.41, 5.74) is 2.17. The number of hydrogen-bond acceptors (Lipinski definition) is 2. The van der Waals surface area contributed by atoms with E-state index in [0.717, 1.165) is 29.7 Å². The maximum absolute atomic E-state index is 13.3. The van der Waals surface area contributed by atoms with Crippen molar-refractivity contribution in [2.75, 3.05) is 19.7 Å². The highest BCUT2D eigenvalue weighted by atomic mass is 79.9. The summed E-state index contributed by atoms with van der Waals surface area (Å²) in [6.07, 6.45) is -0.0584. The van der Waals surface area contributed by atoms with Crippen LogP contribution in [0.1, 0.15) is 17.2 Å². The second-order valence-corrected chi connectivity index (χ2v) is 6.10. The van der Waals surface area contributed by atoms with Crippen LogP contribution in [0.2, 0.25) is 0 Å². The highest BCUT2D eigenvalue weighted by Gasteiger charge is 2.22. The fraction of sp³-hybridized carbons (Fsp3) is 0.294. The third kappa shape index (κ3) is 3.70. The van der Waals surface area contributed by atoms with E-state index in [9.17, 15) is 4.39 Å². The molecule has 1 heterocycles. The zero-order chi connectivity index (χ0) is 14.7. The largest absolute Gasteiger partial charge is 0.371 e. The predicted octanol–water partition coefficient (Wildman–Crippen LogP) is 4.16. The molecule has 110 valence electrons. The van der Waals surface area contributed by atoms with Crippen molar-refractivity contribution in [3.63, 3.8) is 0 Å². The van der Waals surface area contributed by atoms with Gasteiger partial charge in [0.15, 0.2) is 0 Å². The molecule has 0 N–H and O–H groups in total. The molecule has 0 bridgehead atoms. The van der Waals surface area contributed by atoms with Crippen molar-refractivity contribution in [3.05, 3.63) is 69.9 Å². The number of benzene rings is 2. The molecule has 1 unspecified atom stereocenters. The Bertz CT molecular complexity index is 619. The third-order valence-corrected chi connectivity index (χ3v) is 4.50. The highest BCUT2D eigenvalue weighted by Crippen LogP contribution is 2.25. The average Bonchev–Trinajstić information content (AvgIpc) is 2.50. The molecule has 2 nitrogen and oxygen atoms in total. The molecule has 2 aromatic carbocycles. The minimum absolute atomic E-state index is 0.0584. The lowest BCUT2D eigenvalue weighted by Gasteiger charge is -2.33. The number of nitrogens with zero attached hydrogens (tertiary/aromatic N) is 1. The SMILES string of the molecule is Fc1cccc(C2CN(Cc3ccccc3Br)CCO2)c1. The molecule has 3 rings (SSSR count). The van der Waals surface area contributed by atoms with Crippen LogP contribution in [0.15, 0.2) is 53.0 Å². The first-order chi connectivity index (χ1) is 10.2. The van der Waals surface area contributed by atoms with Gasteiger partial charge in [-0.25, -0.2) is 4.39 Å². The van der Waals surface area contributed by atoms with E-state index < -0.39 is 0 Å². The molecule has 21 heavy (non-hydrogen) atoms. The molecule has 1 aliphatic heterocycles. The maximum Gasteiger partial charge on any atom is 0.123 e. The fourth-order valence-electron chi connectivity index (χ4n) is 2.62. The molecule has 0 saturated carbocycles. The topological polar surface area (TPSA) is 12.5 Å². The van der Waals surface area contributed by atoms with E-state index in [-0.39, 0.29) is 11.9 Å². The molecular formula is C17H17BrFNO. The average molecular weight is 350 g/mol. The lowest BCUT2D eigenvalue weighted by Crippen LogP contribution is -2.37. The Morgan fingerprint density at radius 3 is 2.86 bits per heavy atom. The molecule has 0 amide bonds. The van der Waals surface area contributed by atoms with Gasteiger partial charge in [-0.2, -0.15) is 0 Å². The quantitative estimate of drug-likeness (QED) is 0.824. The number of ether oxygens (including phenoxy) is 1. The second kappa shape index (κ2) is 6.69. The van der Waals surface area contributed by atoms with Gasteiger partial charge in [-0.05, 0) is 29.3 Å². The van der Waals surface area contributed by atoms with Crippen LogP contribution in [0.4, 0.5) is 4.39 Å². The maximum atomic E-state index is 13.3. The monoisotopic (exact) mass is 349 g/mol. The number of rotatable bonds is 3. The van der Waals surface area contributed by atoms with Gasteiger partial charge in [-0.1, -0.05) is 46.3 Å². The van der Waals surface area contributed by atoms with Gasteiger partial charge in [0.05, 0.1) is 12.7 Å². The van der Waals surface area contributed by atoms with Crippen LogP contribution in [-0.4, -0.2) is 24.6 Å². The van der Waals surface area contributed by atoms with Crippen molar-refractivity contribution in [2.24, 2.45) is 0 Å². The highest BCUT2D eigenvalue weighted by molar-refractivity contribution is 9.10. The van der Waals surface area contributed by atoms with Crippen LogP contribution in [0.25, 0.3) is 0 Å². The van der Waals surface area contributed by atoms with Crippen molar-refractivity contribution < 1.29 is 9.13 Å². The predicted molar refractivity (Wildman–Crippen MR) is 84.5 cm³/mol. The van der Waals surface area contributed by atoms with E-state index >= 15 is 0 Å². The molecule has 1 saturated heterocycles. The summed E-state index contributed by atoms with van der Waals surface area (Å²) in [7, 11) is 0. The first-order valence-electron chi connectivity index (χ1n) is 7.05. The molecule has 0 spiro atoms. The van der Waals surface area contributed by atoms with E-state index in [2.05, 4.69) is 33.0 Å². The lowest BCUT2D eigenvalue weighted by molar-refractivity contribution is -0.0331. The molecule has 2 aromatic rings. The van der Waals surface area contributed by atoms with Crippen molar-refractivity contribution in [1.29, 1.82) is 0 Å². The third-order valence-electron chi connectivity index (χ3n) is 3.72. The van der Waals surface area contributed by atoms with Crippen LogP contribution >= 0.6 is 15.9 Å². The Labute approximate surface area is 132 Å². The van der Waals surface area contributed by atoms with Gasteiger partial charge in [-0.15, -0.1) is 0 Å². The van der Waals surface area contributed by atoms with Crippen molar-refractivity contribution in [2.45, 2.75) is 12.6 Å². The molecule has 0 aromatic heterocycles. The van der Waals surface area contributed by atoms with Gasteiger partial charge in [-0.3, -0.25) is 4.90 Å². The summed E-state index contributed by atoms with van der Waals surface area (Å²) in [5, 5.41) is 0. The number of morpholine rings is 1. The van der Waals surface area contributed by atoms with E-state index in [1.165, 1.54) is 11.6 Å². The van der Waals surface area contributed by atoms with Gasteiger partial charge >= 0.3 is 0 Å². The van der Waals surface area contributed by atoms with Gasteiger partial charge in [0.1, 0.15) is 5.82 Å². The summed E-state index contributed by atoms with van der Waals surface area (Å²) in [6.45, 7) is 3.22. The number of hydrogen-bond donors (Lipinski definition) is 0. The zero-order valence-corrected chi connectivity index (χ0v) is 13.2. The number of halogens is 2. The molecule has 0 aliphatic carbocycles. The standard InChI is InChI=1S/C17H17BrFNO/c18-16-7-2-1-4-14(16)11-20-8-9-21-17(12-20)13-5-3-6-15(19)10-13/h1-7,10,17H,8-9,11-12H2. The smallest absolute Gasteiger partial charge is 0.123 e. The molecular weight excluding hydrogens is 333 g/mol. The Morgan fingerprint density at radius 2 is 2.05 bits per heavy atom. The summed E-state index contributed by atoms with van der Waals surface area (Å²) in [6, 6.07) is 14.9. The molecule has 1 aliphatic rings. The Kier molecular flexibility index (Phi) is 4.68.